The number of hydrogen-bond donors (Lipinski definition) is 1. The minimum absolute atomic E-state index is 0.0231. The SMILES string of the molecule is CC(F)c1ccccc1S(=O)(=O)O. The van der Waals surface area contributed by atoms with Gasteiger partial charge in [0.05, 0.1) is 4.90 Å². The van der Waals surface area contributed by atoms with Gasteiger partial charge in [-0.25, -0.2) is 4.39 Å². The third kappa shape index (κ3) is 2.26. The maximum absolute atomic E-state index is 12.8. The summed E-state index contributed by atoms with van der Waals surface area (Å²) in [7, 11) is -4.32. The van der Waals surface area contributed by atoms with Crippen LogP contribution < -0.4 is 0 Å². The molecule has 0 aromatic heterocycles. The Kier molecular flexibility index (Phi) is 2.68. The second-order valence-electron chi connectivity index (χ2n) is 2.63. The summed E-state index contributed by atoms with van der Waals surface area (Å²) in [5, 5.41) is 0. The quantitative estimate of drug-likeness (QED) is 0.749. The average Bonchev–Trinajstić information content (AvgIpc) is 2.03. The minimum Gasteiger partial charge on any atom is -0.282 e. The van der Waals surface area contributed by atoms with E-state index < -0.39 is 16.3 Å². The van der Waals surface area contributed by atoms with Crippen molar-refractivity contribution in [1.29, 1.82) is 0 Å². The van der Waals surface area contributed by atoms with Gasteiger partial charge in [-0.05, 0) is 13.0 Å². The van der Waals surface area contributed by atoms with Crippen LogP contribution in [0.3, 0.4) is 0 Å². The number of hydrogen-bond acceptors (Lipinski definition) is 2. The molecule has 72 valence electrons. The second kappa shape index (κ2) is 3.43. The Balaban J connectivity index is 3.37. The fourth-order valence-electron chi connectivity index (χ4n) is 1.04. The van der Waals surface area contributed by atoms with Gasteiger partial charge in [-0.3, -0.25) is 4.55 Å². The maximum Gasteiger partial charge on any atom is 0.294 e. The van der Waals surface area contributed by atoms with Crippen molar-refractivity contribution < 1.29 is 17.4 Å². The van der Waals surface area contributed by atoms with Crippen LogP contribution in [0.15, 0.2) is 29.2 Å². The number of rotatable bonds is 2. The van der Waals surface area contributed by atoms with Crippen LogP contribution in [0.1, 0.15) is 18.7 Å². The van der Waals surface area contributed by atoms with Crippen molar-refractivity contribution in [1.82, 2.24) is 0 Å². The molecule has 1 atom stereocenters. The molecule has 1 N–H and O–H groups in total. The molecule has 0 fully saturated rings. The first-order valence-corrected chi connectivity index (χ1v) is 5.07. The van der Waals surface area contributed by atoms with Crippen molar-refractivity contribution in [2.75, 3.05) is 0 Å². The molecule has 1 aromatic carbocycles. The molecule has 0 aliphatic carbocycles. The molecule has 0 radical (unpaired) electrons. The van der Waals surface area contributed by atoms with Crippen molar-refractivity contribution in [3.05, 3.63) is 29.8 Å². The normalized spacial score (nSPS) is 14.1. The molecule has 0 saturated carbocycles. The minimum atomic E-state index is -4.32. The smallest absolute Gasteiger partial charge is 0.282 e. The summed E-state index contributed by atoms with van der Waals surface area (Å²) in [5.74, 6) is 0. The summed E-state index contributed by atoms with van der Waals surface area (Å²) in [6.45, 7) is 1.21. The first kappa shape index (κ1) is 10.1. The van der Waals surface area contributed by atoms with Crippen LogP contribution in [-0.2, 0) is 10.1 Å². The van der Waals surface area contributed by atoms with Crippen molar-refractivity contribution in [3.8, 4) is 0 Å². The molecule has 1 unspecified atom stereocenters. The average molecular weight is 204 g/mol. The molecule has 0 amide bonds. The third-order valence-electron chi connectivity index (χ3n) is 1.63. The Bertz CT molecular complexity index is 398. The highest BCUT2D eigenvalue weighted by Crippen LogP contribution is 2.24. The van der Waals surface area contributed by atoms with Crippen LogP contribution in [0.4, 0.5) is 4.39 Å². The van der Waals surface area contributed by atoms with Crippen LogP contribution in [0.2, 0.25) is 0 Å². The van der Waals surface area contributed by atoms with Gasteiger partial charge in [0, 0.05) is 5.56 Å². The van der Waals surface area contributed by atoms with E-state index in [1.165, 1.54) is 31.2 Å². The van der Waals surface area contributed by atoms with Crippen molar-refractivity contribution >= 4 is 10.1 Å². The van der Waals surface area contributed by atoms with Gasteiger partial charge in [0.15, 0.2) is 0 Å². The van der Waals surface area contributed by atoms with E-state index in [0.29, 0.717) is 0 Å². The zero-order valence-electron chi connectivity index (χ0n) is 6.94. The molecule has 3 nitrogen and oxygen atoms in total. The zero-order chi connectivity index (χ0) is 10.1. The molecule has 0 aliphatic rings. The van der Waals surface area contributed by atoms with Gasteiger partial charge in [-0.1, -0.05) is 18.2 Å². The van der Waals surface area contributed by atoms with E-state index in [4.69, 9.17) is 4.55 Å². The largest absolute Gasteiger partial charge is 0.294 e. The second-order valence-corrected chi connectivity index (χ2v) is 4.02. The highest BCUT2D eigenvalue weighted by atomic mass is 32.2. The maximum atomic E-state index is 12.8. The Labute approximate surface area is 76.0 Å². The predicted octanol–water partition coefficient (Wildman–Crippen LogP) is 1.96. The Hall–Kier alpha value is -0.940. The van der Waals surface area contributed by atoms with Gasteiger partial charge in [0.25, 0.3) is 10.1 Å². The van der Waals surface area contributed by atoms with E-state index >= 15 is 0 Å². The molecule has 13 heavy (non-hydrogen) atoms. The lowest BCUT2D eigenvalue weighted by Gasteiger charge is -2.06. The topological polar surface area (TPSA) is 54.4 Å². The Morgan fingerprint density at radius 2 is 1.92 bits per heavy atom. The molecule has 0 saturated heterocycles. The summed E-state index contributed by atoms with van der Waals surface area (Å²) in [6, 6.07) is 5.43. The fraction of sp³-hybridized carbons (Fsp3) is 0.250. The molecular weight excluding hydrogens is 195 g/mol. The summed E-state index contributed by atoms with van der Waals surface area (Å²) in [4.78, 5) is -0.370. The number of halogens is 1. The number of benzene rings is 1. The van der Waals surface area contributed by atoms with Gasteiger partial charge in [0.1, 0.15) is 6.17 Å². The van der Waals surface area contributed by atoms with Crippen LogP contribution >= 0.6 is 0 Å². The van der Waals surface area contributed by atoms with Gasteiger partial charge >= 0.3 is 0 Å². The first-order chi connectivity index (χ1) is 5.93. The highest BCUT2D eigenvalue weighted by molar-refractivity contribution is 7.85. The molecule has 0 heterocycles. The van der Waals surface area contributed by atoms with E-state index in [9.17, 15) is 12.8 Å². The van der Waals surface area contributed by atoms with Gasteiger partial charge in [0.2, 0.25) is 0 Å². The fourth-order valence-corrected chi connectivity index (χ4v) is 1.82. The summed E-state index contributed by atoms with van der Waals surface area (Å²) >= 11 is 0. The molecule has 5 heteroatoms. The molecule has 0 spiro atoms. The van der Waals surface area contributed by atoms with E-state index in [1.54, 1.807) is 0 Å². The zero-order valence-corrected chi connectivity index (χ0v) is 7.75. The monoisotopic (exact) mass is 204 g/mol. The predicted molar refractivity (Wildman–Crippen MR) is 45.8 cm³/mol. The summed E-state index contributed by atoms with van der Waals surface area (Å²) in [5.41, 5.74) is -0.0231. The number of alkyl halides is 1. The lowest BCUT2D eigenvalue weighted by Crippen LogP contribution is -2.03. The molecule has 0 aliphatic heterocycles. The highest BCUT2D eigenvalue weighted by Gasteiger charge is 2.17. The standard InChI is InChI=1S/C8H9FO3S/c1-6(9)7-4-2-3-5-8(7)13(10,11)12/h2-6H,1H3,(H,10,11,12). The molecule has 0 bridgehead atoms. The lowest BCUT2D eigenvalue weighted by molar-refractivity contribution is 0.366. The van der Waals surface area contributed by atoms with Gasteiger partial charge in [-0.15, -0.1) is 0 Å². The van der Waals surface area contributed by atoms with Crippen molar-refractivity contribution in [2.45, 2.75) is 18.0 Å². The lowest BCUT2D eigenvalue weighted by atomic mass is 10.1. The van der Waals surface area contributed by atoms with Gasteiger partial charge in [-0.2, -0.15) is 8.42 Å². The summed E-state index contributed by atoms with van der Waals surface area (Å²) in [6.07, 6.45) is -1.42. The van der Waals surface area contributed by atoms with Crippen molar-refractivity contribution in [3.63, 3.8) is 0 Å². The van der Waals surface area contributed by atoms with Crippen LogP contribution in [0.5, 0.6) is 0 Å². The van der Waals surface area contributed by atoms with Crippen LogP contribution in [-0.4, -0.2) is 13.0 Å². The Morgan fingerprint density at radius 1 is 1.38 bits per heavy atom. The van der Waals surface area contributed by atoms with E-state index in [0.717, 1.165) is 0 Å². The molecule has 1 rings (SSSR count). The molecule has 1 aromatic rings. The first-order valence-electron chi connectivity index (χ1n) is 3.63. The Morgan fingerprint density at radius 3 is 2.31 bits per heavy atom. The molecular formula is C8H9FO3S. The van der Waals surface area contributed by atoms with E-state index in [-0.39, 0.29) is 10.5 Å². The van der Waals surface area contributed by atoms with Gasteiger partial charge < -0.3 is 0 Å². The van der Waals surface area contributed by atoms with Crippen LogP contribution in [0.25, 0.3) is 0 Å². The summed E-state index contributed by atoms with van der Waals surface area (Å²) < 4.78 is 43.1. The van der Waals surface area contributed by atoms with E-state index in [2.05, 4.69) is 0 Å². The van der Waals surface area contributed by atoms with E-state index in [1.807, 2.05) is 0 Å². The van der Waals surface area contributed by atoms with Crippen LogP contribution in [0, 0.1) is 0 Å². The third-order valence-corrected chi connectivity index (χ3v) is 2.55. The van der Waals surface area contributed by atoms with Crippen molar-refractivity contribution in [2.24, 2.45) is 0 Å².